The predicted molar refractivity (Wildman–Crippen MR) is 83.8 cm³/mol. The molecule has 0 unspecified atom stereocenters. The van der Waals surface area contributed by atoms with Crippen LogP contribution in [0.25, 0.3) is 0 Å². The first kappa shape index (κ1) is 14.4. The molecule has 0 aromatic carbocycles. The SMILES string of the molecule is CC1=CC(I)=C/C(=C\NNC(=O)c2ccncc2)C1=O. The standard InChI is InChI=1S/C14H12IN3O2/c1-9-6-12(15)7-11(13(9)19)8-17-18-14(20)10-2-4-16-5-3-10/h2-8,17H,1H3,(H,18,20)/b11-8+. The fourth-order valence-corrected chi connectivity index (χ4v) is 2.42. The van der Waals surface area contributed by atoms with Crippen LogP contribution in [-0.2, 0) is 4.79 Å². The van der Waals surface area contributed by atoms with Crippen molar-refractivity contribution in [3.8, 4) is 0 Å². The largest absolute Gasteiger partial charge is 0.305 e. The first-order chi connectivity index (χ1) is 9.58. The van der Waals surface area contributed by atoms with E-state index in [-0.39, 0.29) is 11.7 Å². The van der Waals surface area contributed by atoms with Gasteiger partial charge in [-0.15, -0.1) is 0 Å². The van der Waals surface area contributed by atoms with E-state index in [1.807, 2.05) is 6.08 Å². The Morgan fingerprint density at radius 1 is 1.30 bits per heavy atom. The van der Waals surface area contributed by atoms with Crippen molar-refractivity contribution >= 4 is 34.3 Å². The normalized spacial score (nSPS) is 16.5. The molecular weight excluding hydrogens is 369 g/mol. The van der Waals surface area contributed by atoms with E-state index >= 15 is 0 Å². The van der Waals surface area contributed by atoms with E-state index in [0.717, 1.165) is 3.58 Å². The second kappa shape index (κ2) is 6.47. The number of hydrazine groups is 1. The van der Waals surface area contributed by atoms with Crippen LogP contribution in [0.1, 0.15) is 17.3 Å². The molecule has 2 N–H and O–H groups in total. The highest BCUT2D eigenvalue weighted by atomic mass is 127. The Labute approximate surface area is 130 Å². The molecule has 1 aromatic heterocycles. The van der Waals surface area contributed by atoms with Crippen molar-refractivity contribution in [1.82, 2.24) is 15.8 Å². The average molecular weight is 381 g/mol. The van der Waals surface area contributed by atoms with Gasteiger partial charge in [0, 0.05) is 33.3 Å². The third-order valence-electron chi connectivity index (χ3n) is 2.62. The number of allylic oxidation sites excluding steroid dienone is 5. The third-order valence-corrected chi connectivity index (χ3v) is 3.25. The minimum Gasteiger partial charge on any atom is -0.305 e. The summed E-state index contributed by atoms with van der Waals surface area (Å²) in [4.78, 5) is 27.5. The summed E-state index contributed by atoms with van der Waals surface area (Å²) in [6.45, 7) is 1.76. The molecule has 1 aromatic rings. The minimum absolute atomic E-state index is 0.0592. The molecule has 102 valence electrons. The van der Waals surface area contributed by atoms with Crippen LogP contribution in [0.3, 0.4) is 0 Å². The Hall–Kier alpha value is -1.96. The number of hydrogen-bond acceptors (Lipinski definition) is 4. The quantitative estimate of drug-likeness (QED) is 0.478. The van der Waals surface area contributed by atoms with Gasteiger partial charge in [-0.3, -0.25) is 20.0 Å². The molecule has 6 heteroatoms. The molecule has 20 heavy (non-hydrogen) atoms. The van der Waals surface area contributed by atoms with Crippen molar-refractivity contribution in [2.24, 2.45) is 0 Å². The summed E-state index contributed by atoms with van der Waals surface area (Å²) in [5, 5.41) is 0. The van der Waals surface area contributed by atoms with Crippen LogP contribution in [-0.4, -0.2) is 16.7 Å². The van der Waals surface area contributed by atoms with Crippen LogP contribution < -0.4 is 10.9 Å². The molecule has 0 radical (unpaired) electrons. The van der Waals surface area contributed by atoms with Crippen molar-refractivity contribution in [3.05, 3.63) is 63.2 Å². The molecule has 0 bridgehead atoms. The number of carbonyl (C=O) groups is 2. The molecular formula is C14H12IN3O2. The predicted octanol–water partition coefficient (Wildman–Crippen LogP) is 2.05. The first-order valence-electron chi connectivity index (χ1n) is 5.84. The fraction of sp³-hybridized carbons (Fsp3) is 0.0714. The van der Waals surface area contributed by atoms with E-state index in [1.165, 1.54) is 18.6 Å². The van der Waals surface area contributed by atoms with Gasteiger partial charge in [-0.25, -0.2) is 0 Å². The molecule has 0 aliphatic heterocycles. The van der Waals surface area contributed by atoms with E-state index in [9.17, 15) is 9.59 Å². The van der Waals surface area contributed by atoms with Crippen LogP contribution in [0.2, 0.25) is 0 Å². The zero-order chi connectivity index (χ0) is 14.5. The molecule has 0 atom stereocenters. The second-order valence-electron chi connectivity index (χ2n) is 4.12. The van der Waals surface area contributed by atoms with Crippen molar-refractivity contribution < 1.29 is 9.59 Å². The lowest BCUT2D eigenvalue weighted by Gasteiger charge is -2.10. The number of ketones is 1. The monoisotopic (exact) mass is 381 g/mol. The minimum atomic E-state index is -0.293. The van der Waals surface area contributed by atoms with Crippen LogP contribution >= 0.6 is 22.6 Å². The van der Waals surface area contributed by atoms with Gasteiger partial charge in [-0.2, -0.15) is 0 Å². The van der Waals surface area contributed by atoms with Gasteiger partial charge >= 0.3 is 0 Å². The molecule has 1 aliphatic rings. The van der Waals surface area contributed by atoms with Crippen molar-refractivity contribution in [2.45, 2.75) is 6.92 Å². The highest BCUT2D eigenvalue weighted by Gasteiger charge is 2.14. The lowest BCUT2D eigenvalue weighted by atomic mass is 10.0. The molecule has 0 saturated carbocycles. The van der Waals surface area contributed by atoms with E-state index in [4.69, 9.17) is 0 Å². The Morgan fingerprint density at radius 3 is 2.70 bits per heavy atom. The first-order valence-corrected chi connectivity index (χ1v) is 6.92. The van der Waals surface area contributed by atoms with E-state index < -0.39 is 0 Å². The molecule has 5 nitrogen and oxygen atoms in total. The summed E-state index contributed by atoms with van der Waals surface area (Å²) in [6.07, 6.45) is 8.13. The van der Waals surface area contributed by atoms with E-state index in [0.29, 0.717) is 16.7 Å². The Bertz CT molecular complexity index is 633. The van der Waals surface area contributed by atoms with Gasteiger partial charge in [0.15, 0.2) is 5.78 Å². The number of halogens is 1. The molecule has 2 rings (SSSR count). The highest BCUT2D eigenvalue weighted by molar-refractivity contribution is 14.1. The van der Waals surface area contributed by atoms with Crippen molar-refractivity contribution in [2.75, 3.05) is 0 Å². The van der Waals surface area contributed by atoms with Crippen LogP contribution in [0, 0.1) is 0 Å². The summed E-state index contributed by atoms with van der Waals surface area (Å²) < 4.78 is 0.966. The van der Waals surface area contributed by atoms with E-state index in [1.54, 1.807) is 25.1 Å². The van der Waals surface area contributed by atoms with Gasteiger partial charge in [0.1, 0.15) is 0 Å². The van der Waals surface area contributed by atoms with Gasteiger partial charge in [0.2, 0.25) is 0 Å². The molecule has 0 saturated heterocycles. The van der Waals surface area contributed by atoms with Crippen LogP contribution in [0.5, 0.6) is 0 Å². The van der Waals surface area contributed by atoms with Gasteiger partial charge in [-0.05, 0) is 59.4 Å². The number of rotatable bonds is 3. The van der Waals surface area contributed by atoms with Gasteiger partial charge < -0.3 is 5.43 Å². The number of amides is 1. The number of Topliss-reactive ketones (excluding diaryl/α,β-unsaturated/α-hetero) is 1. The second-order valence-corrected chi connectivity index (χ2v) is 5.37. The maximum atomic E-state index is 11.9. The van der Waals surface area contributed by atoms with Crippen molar-refractivity contribution in [3.63, 3.8) is 0 Å². The van der Waals surface area contributed by atoms with Crippen molar-refractivity contribution in [1.29, 1.82) is 0 Å². The van der Waals surface area contributed by atoms with Crippen LogP contribution in [0.4, 0.5) is 0 Å². The molecule has 0 spiro atoms. The third kappa shape index (κ3) is 3.53. The van der Waals surface area contributed by atoms with Gasteiger partial charge in [0.05, 0.1) is 0 Å². The molecule has 0 fully saturated rings. The molecule has 1 aliphatic carbocycles. The number of aromatic nitrogens is 1. The maximum Gasteiger partial charge on any atom is 0.269 e. The Balaban J connectivity index is 1.99. The Morgan fingerprint density at radius 2 is 2.00 bits per heavy atom. The number of pyridine rings is 1. The Kier molecular flexibility index (Phi) is 4.67. The molecule has 1 heterocycles. The van der Waals surface area contributed by atoms with Crippen LogP contribution in [0.15, 0.2) is 57.6 Å². The number of nitrogens with one attached hydrogen (secondary N) is 2. The topological polar surface area (TPSA) is 71.1 Å². The lowest BCUT2D eigenvalue weighted by molar-refractivity contribution is -0.112. The molecule has 1 amide bonds. The average Bonchev–Trinajstić information content (AvgIpc) is 2.44. The zero-order valence-electron chi connectivity index (χ0n) is 10.7. The summed E-state index contributed by atoms with van der Waals surface area (Å²) >= 11 is 2.14. The number of carbonyl (C=O) groups excluding carboxylic acids is 2. The summed E-state index contributed by atoms with van der Waals surface area (Å²) in [5.41, 5.74) is 6.81. The number of nitrogens with zero attached hydrogens (tertiary/aromatic N) is 1. The van der Waals surface area contributed by atoms with Gasteiger partial charge in [-0.1, -0.05) is 0 Å². The number of hydrogen-bond donors (Lipinski definition) is 2. The maximum absolute atomic E-state index is 11.9. The smallest absolute Gasteiger partial charge is 0.269 e. The zero-order valence-corrected chi connectivity index (χ0v) is 12.8. The van der Waals surface area contributed by atoms with Gasteiger partial charge in [0.25, 0.3) is 5.91 Å². The lowest BCUT2D eigenvalue weighted by Crippen LogP contribution is -2.34. The highest BCUT2D eigenvalue weighted by Crippen LogP contribution is 2.22. The van der Waals surface area contributed by atoms with E-state index in [2.05, 4.69) is 38.4 Å². The fourth-order valence-electron chi connectivity index (χ4n) is 1.62. The summed E-state index contributed by atoms with van der Waals surface area (Å²) in [5.74, 6) is -0.352. The summed E-state index contributed by atoms with van der Waals surface area (Å²) in [7, 11) is 0. The summed E-state index contributed by atoms with van der Waals surface area (Å²) in [6, 6.07) is 3.21.